The van der Waals surface area contributed by atoms with Gasteiger partial charge in [-0.15, -0.1) is 6.58 Å². The van der Waals surface area contributed by atoms with Gasteiger partial charge in [0.2, 0.25) is 10.0 Å². The molecule has 116 valence electrons. The summed E-state index contributed by atoms with van der Waals surface area (Å²) in [6.45, 7) is 4.79. The summed E-state index contributed by atoms with van der Waals surface area (Å²) in [5.41, 5.74) is 0.847. The van der Waals surface area contributed by atoms with Crippen LogP contribution in [0, 0.1) is 0 Å². The molecule has 1 aliphatic rings. The average Bonchev–Trinajstić information content (AvgIpc) is 3.29. The molecule has 1 N–H and O–H groups in total. The van der Waals surface area contributed by atoms with Crippen molar-refractivity contribution in [3.8, 4) is 0 Å². The van der Waals surface area contributed by atoms with Crippen LogP contribution in [0.5, 0.6) is 0 Å². The SMILES string of the molecule is C=CCCCN(C)S(=O)(=O)c1ccccc1CNC1CC1. The van der Waals surface area contributed by atoms with Crippen molar-refractivity contribution >= 4 is 10.0 Å². The Morgan fingerprint density at radius 3 is 2.76 bits per heavy atom. The lowest BCUT2D eigenvalue weighted by molar-refractivity contribution is 0.461. The van der Waals surface area contributed by atoms with Gasteiger partial charge in [-0.2, -0.15) is 0 Å². The summed E-state index contributed by atoms with van der Waals surface area (Å²) in [6, 6.07) is 7.82. The molecule has 0 spiro atoms. The smallest absolute Gasteiger partial charge is 0.243 e. The van der Waals surface area contributed by atoms with Crippen molar-refractivity contribution < 1.29 is 8.42 Å². The van der Waals surface area contributed by atoms with E-state index in [0.717, 1.165) is 18.4 Å². The second-order valence-corrected chi connectivity index (χ2v) is 7.53. The summed E-state index contributed by atoms with van der Waals surface area (Å²) in [5.74, 6) is 0. The first-order chi connectivity index (χ1) is 10.1. The summed E-state index contributed by atoms with van der Waals surface area (Å²) in [6.07, 6.45) is 5.81. The van der Waals surface area contributed by atoms with Crippen molar-refractivity contribution in [3.05, 3.63) is 42.5 Å². The van der Waals surface area contributed by atoms with Crippen LogP contribution in [0.4, 0.5) is 0 Å². The molecule has 1 aliphatic carbocycles. The topological polar surface area (TPSA) is 49.4 Å². The maximum absolute atomic E-state index is 12.7. The molecule has 0 unspecified atom stereocenters. The fourth-order valence-corrected chi connectivity index (χ4v) is 3.62. The van der Waals surface area contributed by atoms with Crippen molar-refractivity contribution in [3.63, 3.8) is 0 Å². The van der Waals surface area contributed by atoms with Crippen molar-refractivity contribution in [1.82, 2.24) is 9.62 Å². The molecular formula is C16H24N2O2S. The van der Waals surface area contributed by atoms with Crippen LogP contribution in [0.3, 0.4) is 0 Å². The average molecular weight is 308 g/mol. The lowest BCUT2D eigenvalue weighted by Gasteiger charge is -2.19. The van der Waals surface area contributed by atoms with E-state index in [9.17, 15) is 8.42 Å². The Morgan fingerprint density at radius 2 is 2.10 bits per heavy atom. The van der Waals surface area contributed by atoms with Gasteiger partial charge in [0.25, 0.3) is 0 Å². The minimum atomic E-state index is -3.42. The summed E-state index contributed by atoms with van der Waals surface area (Å²) >= 11 is 0. The molecule has 1 aromatic carbocycles. The van der Waals surface area contributed by atoms with E-state index in [4.69, 9.17) is 0 Å². The molecule has 1 saturated carbocycles. The highest BCUT2D eigenvalue weighted by Gasteiger charge is 2.25. The first-order valence-corrected chi connectivity index (χ1v) is 8.88. The fraction of sp³-hybridized carbons (Fsp3) is 0.500. The van der Waals surface area contributed by atoms with Crippen molar-refractivity contribution in [2.24, 2.45) is 0 Å². The van der Waals surface area contributed by atoms with Crippen LogP contribution >= 0.6 is 0 Å². The van der Waals surface area contributed by atoms with Gasteiger partial charge in [0, 0.05) is 26.2 Å². The number of hydrogen-bond acceptors (Lipinski definition) is 3. The number of hydrogen-bond donors (Lipinski definition) is 1. The van der Waals surface area contributed by atoms with Crippen molar-refractivity contribution in [2.45, 2.75) is 43.2 Å². The maximum atomic E-state index is 12.7. The van der Waals surface area contributed by atoms with E-state index in [-0.39, 0.29) is 0 Å². The van der Waals surface area contributed by atoms with Crippen LogP contribution in [-0.2, 0) is 16.6 Å². The van der Waals surface area contributed by atoms with E-state index < -0.39 is 10.0 Å². The molecular weight excluding hydrogens is 284 g/mol. The molecule has 0 aliphatic heterocycles. The first-order valence-electron chi connectivity index (χ1n) is 7.44. The molecule has 0 amide bonds. The molecule has 4 nitrogen and oxygen atoms in total. The zero-order chi connectivity index (χ0) is 15.3. The van der Waals surface area contributed by atoms with E-state index in [0.29, 0.717) is 24.0 Å². The Labute approximate surface area is 127 Å². The van der Waals surface area contributed by atoms with Gasteiger partial charge in [-0.05, 0) is 37.3 Å². The van der Waals surface area contributed by atoms with E-state index in [1.54, 1.807) is 19.2 Å². The third-order valence-corrected chi connectivity index (χ3v) is 5.66. The van der Waals surface area contributed by atoms with Crippen molar-refractivity contribution in [1.29, 1.82) is 0 Å². The second kappa shape index (κ2) is 7.20. The number of nitrogens with one attached hydrogen (secondary N) is 1. The highest BCUT2D eigenvalue weighted by molar-refractivity contribution is 7.89. The van der Waals surface area contributed by atoms with E-state index in [2.05, 4.69) is 11.9 Å². The Balaban J connectivity index is 2.11. The van der Waals surface area contributed by atoms with E-state index in [1.807, 2.05) is 18.2 Å². The highest BCUT2D eigenvalue weighted by atomic mass is 32.2. The van der Waals surface area contributed by atoms with Crippen LogP contribution in [0.1, 0.15) is 31.2 Å². The van der Waals surface area contributed by atoms with Gasteiger partial charge in [-0.25, -0.2) is 12.7 Å². The molecule has 2 rings (SSSR count). The van der Waals surface area contributed by atoms with E-state index >= 15 is 0 Å². The molecule has 1 aromatic rings. The minimum absolute atomic E-state index is 0.416. The summed E-state index contributed by atoms with van der Waals surface area (Å²) in [5, 5.41) is 3.38. The summed E-state index contributed by atoms with van der Waals surface area (Å²) in [7, 11) is -1.78. The first kappa shape index (κ1) is 16.2. The van der Waals surface area contributed by atoms with Gasteiger partial charge in [0.15, 0.2) is 0 Å². The second-order valence-electron chi connectivity index (χ2n) is 5.52. The standard InChI is InChI=1S/C16H24N2O2S/c1-3-4-7-12-18(2)21(19,20)16-9-6-5-8-14(16)13-17-15-10-11-15/h3,5-6,8-9,15,17H,1,4,7,10-13H2,2H3. The van der Waals surface area contributed by atoms with Crippen LogP contribution in [-0.4, -0.2) is 32.4 Å². The summed E-state index contributed by atoms with van der Waals surface area (Å²) in [4.78, 5) is 0.416. The third-order valence-electron chi connectivity index (χ3n) is 3.70. The highest BCUT2D eigenvalue weighted by Crippen LogP contribution is 2.23. The quantitative estimate of drug-likeness (QED) is 0.563. The molecule has 21 heavy (non-hydrogen) atoms. The van der Waals surface area contributed by atoms with Crippen LogP contribution < -0.4 is 5.32 Å². The minimum Gasteiger partial charge on any atom is -0.310 e. The normalized spacial score (nSPS) is 15.3. The van der Waals surface area contributed by atoms with Crippen LogP contribution in [0.2, 0.25) is 0 Å². The van der Waals surface area contributed by atoms with Gasteiger partial charge < -0.3 is 5.32 Å². The van der Waals surface area contributed by atoms with Crippen LogP contribution in [0.15, 0.2) is 41.8 Å². The summed E-state index contributed by atoms with van der Waals surface area (Å²) < 4.78 is 26.8. The zero-order valence-corrected chi connectivity index (χ0v) is 13.4. The molecule has 0 saturated heterocycles. The van der Waals surface area contributed by atoms with Crippen LogP contribution in [0.25, 0.3) is 0 Å². The number of nitrogens with zero attached hydrogens (tertiary/aromatic N) is 1. The van der Waals surface area contributed by atoms with Gasteiger partial charge in [0.05, 0.1) is 4.90 Å². The molecule has 1 fully saturated rings. The molecule has 5 heteroatoms. The van der Waals surface area contributed by atoms with Crippen molar-refractivity contribution in [2.75, 3.05) is 13.6 Å². The lowest BCUT2D eigenvalue weighted by atomic mass is 10.2. The van der Waals surface area contributed by atoms with Gasteiger partial charge >= 0.3 is 0 Å². The predicted molar refractivity (Wildman–Crippen MR) is 85.6 cm³/mol. The number of allylic oxidation sites excluding steroid dienone is 1. The lowest BCUT2D eigenvalue weighted by Crippen LogP contribution is -2.29. The molecule has 0 radical (unpaired) electrons. The predicted octanol–water partition coefficient (Wildman–Crippen LogP) is 2.53. The Morgan fingerprint density at radius 1 is 1.38 bits per heavy atom. The number of rotatable bonds is 9. The Hall–Kier alpha value is -1.17. The van der Waals surface area contributed by atoms with E-state index in [1.165, 1.54) is 17.1 Å². The van der Waals surface area contributed by atoms with Gasteiger partial charge in [0.1, 0.15) is 0 Å². The maximum Gasteiger partial charge on any atom is 0.243 e. The Kier molecular flexibility index (Phi) is 5.56. The zero-order valence-electron chi connectivity index (χ0n) is 12.6. The molecule has 0 aromatic heterocycles. The molecule has 0 atom stereocenters. The third kappa shape index (κ3) is 4.40. The monoisotopic (exact) mass is 308 g/mol. The number of benzene rings is 1. The fourth-order valence-electron chi connectivity index (χ4n) is 2.19. The largest absolute Gasteiger partial charge is 0.310 e. The number of unbranched alkanes of at least 4 members (excludes halogenated alkanes) is 1. The van der Waals surface area contributed by atoms with Gasteiger partial charge in [-0.1, -0.05) is 24.3 Å². The van der Waals surface area contributed by atoms with Gasteiger partial charge in [-0.3, -0.25) is 0 Å². The number of sulfonamides is 1. The molecule has 0 heterocycles. The molecule has 0 bridgehead atoms. The Bertz CT molecular complexity index is 580.